The third kappa shape index (κ3) is 2.50. The van der Waals surface area contributed by atoms with E-state index in [-0.39, 0.29) is 5.92 Å². The summed E-state index contributed by atoms with van der Waals surface area (Å²) >= 11 is 0. The van der Waals surface area contributed by atoms with E-state index in [0.29, 0.717) is 18.0 Å². The lowest BCUT2D eigenvalue weighted by Gasteiger charge is -2.38. The highest BCUT2D eigenvalue weighted by atomic mass is 16.2. The number of anilines is 1. The topological polar surface area (TPSA) is 35.6 Å². The number of fused-ring (bicyclic) bond motifs is 2. The molecule has 118 valence electrons. The molecule has 0 aliphatic carbocycles. The third-order valence-corrected chi connectivity index (χ3v) is 5.58. The number of hydrogen-bond acceptors (Lipinski definition) is 3. The number of benzene rings is 1. The predicted molar refractivity (Wildman–Crippen MR) is 88.0 cm³/mol. The first-order chi connectivity index (χ1) is 10.7. The molecule has 4 nitrogen and oxygen atoms in total. The normalized spacial score (nSPS) is 30.9. The van der Waals surface area contributed by atoms with E-state index in [1.807, 2.05) is 0 Å². The lowest BCUT2D eigenvalue weighted by atomic mass is 9.88. The number of hydrogen-bond donors (Lipinski definition) is 1. The van der Waals surface area contributed by atoms with Crippen LogP contribution in [0.4, 0.5) is 5.69 Å². The third-order valence-electron chi connectivity index (χ3n) is 5.58. The Bertz CT molecular complexity index is 565. The Morgan fingerprint density at radius 1 is 1.18 bits per heavy atom. The van der Waals surface area contributed by atoms with Crippen molar-refractivity contribution in [2.24, 2.45) is 5.92 Å². The minimum absolute atomic E-state index is 0.240. The molecule has 1 aromatic carbocycles. The fourth-order valence-electron chi connectivity index (χ4n) is 4.34. The first kappa shape index (κ1) is 14.1. The van der Waals surface area contributed by atoms with Crippen LogP contribution >= 0.6 is 0 Å². The van der Waals surface area contributed by atoms with Crippen LogP contribution in [-0.2, 0) is 4.79 Å². The molecule has 4 rings (SSSR count). The SMILES string of the molecule is Cc1cccc(N2CCN(C(=O)[C@@H]3C[C@@H]4CC[C@H]3N4)CC2)c1. The van der Waals surface area contributed by atoms with Gasteiger partial charge < -0.3 is 15.1 Å². The average molecular weight is 299 g/mol. The lowest BCUT2D eigenvalue weighted by Crippen LogP contribution is -2.51. The zero-order chi connectivity index (χ0) is 15.1. The molecule has 0 saturated carbocycles. The highest BCUT2D eigenvalue weighted by molar-refractivity contribution is 5.80. The molecule has 0 aromatic heterocycles. The molecule has 3 aliphatic rings. The van der Waals surface area contributed by atoms with Crippen LogP contribution < -0.4 is 10.2 Å². The first-order valence-electron chi connectivity index (χ1n) is 8.57. The zero-order valence-electron chi connectivity index (χ0n) is 13.3. The van der Waals surface area contributed by atoms with E-state index in [1.165, 1.54) is 24.1 Å². The van der Waals surface area contributed by atoms with Crippen molar-refractivity contribution in [1.82, 2.24) is 10.2 Å². The monoisotopic (exact) mass is 299 g/mol. The van der Waals surface area contributed by atoms with Gasteiger partial charge >= 0.3 is 0 Å². The molecular formula is C18H25N3O. The zero-order valence-corrected chi connectivity index (χ0v) is 13.3. The van der Waals surface area contributed by atoms with Crippen molar-refractivity contribution >= 4 is 11.6 Å². The maximum Gasteiger partial charge on any atom is 0.227 e. The molecule has 1 aromatic rings. The number of nitrogens with one attached hydrogen (secondary N) is 1. The molecule has 3 saturated heterocycles. The van der Waals surface area contributed by atoms with Crippen molar-refractivity contribution < 1.29 is 4.79 Å². The van der Waals surface area contributed by atoms with Crippen LogP contribution in [0.15, 0.2) is 24.3 Å². The van der Waals surface area contributed by atoms with Gasteiger partial charge in [-0.05, 0) is 43.9 Å². The Balaban J connectivity index is 1.36. The minimum Gasteiger partial charge on any atom is -0.368 e. The van der Waals surface area contributed by atoms with Crippen LogP contribution in [0.3, 0.4) is 0 Å². The Hall–Kier alpha value is -1.55. The molecule has 3 aliphatic heterocycles. The number of piperazine rings is 1. The molecule has 3 heterocycles. The largest absolute Gasteiger partial charge is 0.368 e. The molecule has 0 spiro atoms. The van der Waals surface area contributed by atoms with Gasteiger partial charge in [0.1, 0.15) is 0 Å². The standard InChI is InChI=1S/C18H25N3O/c1-13-3-2-4-15(11-13)20-7-9-21(10-8-20)18(22)16-12-14-5-6-17(16)19-14/h2-4,11,14,16-17,19H,5-10,12H2,1H3/t14-,16+,17+/m0/s1. The molecular weight excluding hydrogens is 274 g/mol. The van der Waals surface area contributed by atoms with Crippen LogP contribution in [0, 0.1) is 12.8 Å². The van der Waals surface area contributed by atoms with Gasteiger partial charge in [-0.25, -0.2) is 0 Å². The maximum absolute atomic E-state index is 12.8. The number of aryl methyl sites for hydroxylation is 1. The number of carbonyl (C=O) groups is 1. The number of rotatable bonds is 2. The number of carbonyl (C=O) groups excluding carboxylic acids is 1. The summed E-state index contributed by atoms with van der Waals surface area (Å²) in [5.41, 5.74) is 2.58. The predicted octanol–water partition coefficient (Wildman–Crippen LogP) is 1.78. The van der Waals surface area contributed by atoms with Gasteiger partial charge in [0.05, 0.1) is 5.92 Å². The summed E-state index contributed by atoms with van der Waals surface area (Å²) in [5.74, 6) is 0.632. The second-order valence-corrected chi connectivity index (χ2v) is 7.04. The summed E-state index contributed by atoms with van der Waals surface area (Å²) in [6.45, 7) is 5.75. The molecule has 3 fully saturated rings. The van der Waals surface area contributed by atoms with Gasteiger partial charge in [-0.3, -0.25) is 4.79 Å². The maximum atomic E-state index is 12.8. The van der Waals surface area contributed by atoms with Crippen LogP contribution in [0.2, 0.25) is 0 Å². The van der Waals surface area contributed by atoms with Crippen LogP contribution in [-0.4, -0.2) is 49.1 Å². The first-order valence-corrected chi connectivity index (χ1v) is 8.57. The molecule has 0 radical (unpaired) electrons. The van der Waals surface area contributed by atoms with E-state index in [1.54, 1.807) is 0 Å². The van der Waals surface area contributed by atoms with E-state index in [0.717, 1.165) is 32.6 Å². The van der Waals surface area contributed by atoms with Crippen molar-refractivity contribution in [3.05, 3.63) is 29.8 Å². The molecule has 2 bridgehead atoms. The Kier molecular flexibility index (Phi) is 3.57. The summed E-state index contributed by atoms with van der Waals surface area (Å²) in [4.78, 5) is 17.3. The number of nitrogens with zero attached hydrogens (tertiary/aromatic N) is 2. The van der Waals surface area contributed by atoms with Crippen molar-refractivity contribution in [2.75, 3.05) is 31.1 Å². The summed E-state index contributed by atoms with van der Waals surface area (Å²) < 4.78 is 0. The summed E-state index contributed by atoms with van der Waals surface area (Å²) in [5, 5.41) is 3.58. The van der Waals surface area contributed by atoms with Crippen molar-refractivity contribution in [3.63, 3.8) is 0 Å². The summed E-state index contributed by atoms with van der Waals surface area (Å²) in [7, 11) is 0. The summed E-state index contributed by atoms with van der Waals surface area (Å²) in [6.07, 6.45) is 3.50. The second kappa shape index (κ2) is 5.58. The summed E-state index contributed by atoms with van der Waals surface area (Å²) in [6, 6.07) is 9.70. The van der Waals surface area contributed by atoms with Gasteiger partial charge in [0.15, 0.2) is 0 Å². The van der Waals surface area contributed by atoms with Gasteiger partial charge in [-0.1, -0.05) is 12.1 Å². The van der Waals surface area contributed by atoms with Gasteiger partial charge in [-0.2, -0.15) is 0 Å². The van der Waals surface area contributed by atoms with E-state index >= 15 is 0 Å². The van der Waals surface area contributed by atoms with Gasteiger partial charge in [0.25, 0.3) is 0 Å². The molecule has 0 unspecified atom stereocenters. The van der Waals surface area contributed by atoms with E-state index in [4.69, 9.17) is 0 Å². The van der Waals surface area contributed by atoms with Gasteiger partial charge in [0, 0.05) is 44.0 Å². The second-order valence-electron chi connectivity index (χ2n) is 7.04. The van der Waals surface area contributed by atoms with E-state index < -0.39 is 0 Å². The Morgan fingerprint density at radius 3 is 2.64 bits per heavy atom. The van der Waals surface area contributed by atoms with E-state index in [2.05, 4.69) is 46.3 Å². The highest BCUT2D eigenvalue weighted by Crippen LogP contribution is 2.34. The quantitative estimate of drug-likeness (QED) is 0.904. The molecule has 22 heavy (non-hydrogen) atoms. The molecule has 3 atom stereocenters. The van der Waals surface area contributed by atoms with Crippen molar-refractivity contribution in [2.45, 2.75) is 38.3 Å². The average Bonchev–Trinajstić information content (AvgIpc) is 3.17. The molecule has 1 N–H and O–H groups in total. The Labute approximate surface area is 132 Å². The fraction of sp³-hybridized carbons (Fsp3) is 0.611. The molecule has 4 heteroatoms. The Morgan fingerprint density at radius 2 is 2.00 bits per heavy atom. The van der Waals surface area contributed by atoms with Crippen molar-refractivity contribution in [1.29, 1.82) is 0 Å². The highest BCUT2D eigenvalue weighted by Gasteiger charge is 2.44. The van der Waals surface area contributed by atoms with Gasteiger partial charge in [0.2, 0.25) is 5.91 Å². The van der Waals surface area contributed by atoms with Crippen LogP contribution in [0.1, 0.15) is 24.8 Å². The smallest absolute Gasteiger partial charge is 0.227 e. The van der Waals surface area contributed by atoms with Crippen LogP contribution in [0.25, 0.3) is 0 Å². The number of amides is 1. The fourth-order valence-corrected chi connectivity index (χ4v) is 4.34. The minimum atomic E-state index is 0.240. The lowest BCUT2D eigenvalue weighted by molar-refractivity contribution is -0.136. The molecule has 1 amide bonds. The van der Waals surface area contributed by atoms with Crippen molar-refractivity contribution in [3.8, 4) is 0 Å². The van der Waals surface area contributed by atoms with Gasteiger partial charge in [-0.15, -0.1) is 0 Å². The van der Waals surface area contributed by atoms with E-state index in [9.17, 15) is 4.79 Å². The van der Waals surface area contributed by atoms with Crippen LogP contribution in [0.5, 0.6) is 0 Å².